The lowest BCUT2D eigenvalue weighted by Gasteiger charge is -2.11. The first-order valence-corrected chi connectivity index (χ1v) is 9.40. The number of hydrogen-bond acceptors (Lipinski definition) is 6. The monoisotopic (exact) mass is 416 g/mol. The number of rotatable bonds is 5. The normalized spacial score (nSPS) is 10.6. The molecule has 0 radical (unpaired) electrons. The Morgan fingerprint density at radius 1 is 1.00 bits per heavy atom. The van der Waals surface area contributed by atoms with Gasteiger partial charge in [0.05, 0.1) is 12.4 Å². The summed E-state index contributed by atoms with van der Waals surface area (Å²) in [6.45, 7) is 1.83. The number of nitrogens with two attached hydrogens (primary N) is 1. The van der Waals surface area contributed by atoms with Crippen LogP contribution in [0.4, 0.5) is 17.3 Å². The summed E-state index contributed by atoms with van der Waals surface area (Å²) in [6, 6.07) is 12.1. The summed E-state index contributed by atoms with van der Waals surface area (Å²) in [6.07, 6.45) is 4.58. The van der Waals surface area contributed by atoms with E-state index in [1.165, 1.54) is 10.9 Å². The van der Waals surface area contributed by atoms with Gasteiger partial charge in [0, 0.05) is 30.6 Å². The number of carbonyl (C=O) groups is 2. The fourth-order valence-electron chi connectivity index (χ4n) is 2.97. The summed E-state index contributed by atoms with van der Waals surface area (Å²) in [5, 5.41) is 13.8. The Kier molecular flexibility index (Phi) is 5.19. The molecule has 0 aliphatic carbocycles. The van der Waals surface area contributed by atoms with Crippen molar-refractivity contribution in [2.24, 2.45) is 7.05 Å². The second-order valence-electron chi connectivity index (χ2n) is 6.82. The summed E-state index contributed by atoms with van der Waals surface area (Å²) in [4.78, 5) is 29.6. The fourth-order valence-corrected chi connectivity index (χ4v) is 2.97. The van der Waals surface area contributed by atoms with Gasteiger partial charge >= 0.3 is 0 Å². The number of nitrogens with one attached hydrogen (secondary N) is 2. The number of aryl methyl sites for hydroxylation is 2. The van der Waals surface area contributed by atoms with E-state index in [0.29, 0.717) is 22.9 Å². The molecular formula is C21H20N8O2. The Balaban J connectivity index is 1.55. The van der Waals surface area contributed by atoms with Crippen LogP contribution in [0.2, 0.25) is 0 Å². The van der Waals surface area contributed by atoms with E-state index in [1.807, 2.05) is 6.92 Å². The standard InChI is InChI=1S/C21H20N8O2/c1-13-6-7-14(20(30)27-18-8-10-24-28(18)2)11-16(13)26-21(31)15-12-25-29(19(15)22)17-5-3-4-9-23-17/h3-12H,22H2,1-2H3,(H,26,31)(H,27,30). The molecular weight excluding hydrogens is 396 g/mol. The van der Waals surface area contributed by atoms with Crippen LogP contribution in [0.25, 0.3) is 5.82 Å². The number of benzene rings is 1. The van der Waals surface area contributed by atoms with E-state index in [9.17, 15) is 9.59 Å². The van der Waals surface area contributed by atoms with E-state index in [4.69, 9.17) is 5.73 Å². The number of hydrogen-bond donors (Lipinski definition) is 3. The van der Waals surface area contributed by atoms with Gasteiger partial charge in [-0.3, -0.25) is 14.3 Å². The minimum Gasteiger partial charge on any atom is -0.383 e. The number of nitrogen functional groups attached to an aromatic ring is 1. The highest BCUT2D eigenvalue weighted by molar-refractivity contribution is 6.09. The first-order chi connectivity index (χ1) is 14.9. The molecule has 3 aromatic heterocycles. The lowest BCUT2D eigenvalue weighted by molar-refractivity contribution is 0.101. The van der Waals surface area contributed by atoms with Crippen LogP contribution in [0.5, 0.6) is 0 Å². The lowest BCUT2D eigenvalue weighted by Crippen LogP contribution is -2.17. The van der Waals surface area contributed by atoms with Crippen LogP contribution in [-0.2, 0) is 7.05 Å². The molecule has 0 atom stereocenters. The van der Waals surface area contributed by atoms with Gasteiger partial charge < -0.3 is 16.4 Å². The average molecular weight is 416 g/mol. The van der Waals surface area contributed by atoms with E-state index in [1.54, 1.807) is 66.6 Å². The van der Waals surface area contributed by atoms with Crippen LogP contribution in [0.15, 0.2) is 61.1 Å². The van der Waals surface area contributed by atoms with Crippen LogP contribution < -0.4 is 16.4 Å². The zero-order valence-electron chi connectivity index (χ0n) is 16.9. The molecule has 0 saturated carbocycles. The van der Waals surface area contributed by atoms with E-state index >= 15 is 0 Å². The second-order valence-corrected chi connectivity index (χ2v) is 6.82. The molecule has 4 rings (SSSR count). The molecule has 10 heteroatoms. The molecule has 156 valence electrons. The Morgan fingerprint density at radius 3 is 2.55 bits per heavy atom. The molecule has 0 saturated heterocycles. The molecule has 3 heterocycles. The highest BCUT2D eigenvalue weighted by Crippen LogP contribution is 2.21. The van der Waals surface area contributed by atoms with Crippen LogP contribution in [0, 0.1) is 6.92 Å². The number of amides is 2. The quantitative estimate of drug-likeness (QED) is 0.458. The SMILES string of the molecule is Cc1ccc(C(=O)Nc2ccnn2C)cc1NC(=O)c1cnn(-c2ccccn2)c1N. The maximum absolute atomic E-state index is 12.8. The van der Waals surface area contributed by atoms with Crippen molar-refractivity contribution >= 4 is 29.1 Å². The van der Waals surface area contributed by atoms with Crippen LogP contribution >= 0.6 is 0 Å². The van der Waals surface area contributed by atoms with Gasteiger partial charge in [0.25, 0.3) is 11.8 Å². The van der Waals surface area contributed by atoms with Gasteiger partial charge in [0.15, 0.2) is 5.82 Å². The number of carbonyl (C=O) groups excluding carboxylic acids is 2. The summed E-state index contributed by atoms with van der Waals surface area (Å²) < 4.78 is 2.94. The van der Waals surface area contributed by atoms with Gasteiger partial charge in [0.2, 0.25) is 0 Å². The van der Waals surface area contributed by atoms with Gasteiger partial charge in [-0.25, -0.2) is 4.98 Å². The van der Waals surface area contributed by atoms with Crippen molar-refractivity contribution in [2.75, 3.05) is 16.4 Å². The molecule has 2 amide bonds. The van der Waals surface area contributed by atoms with E-state index < -0.39 is 5.91 Å². The molecule has 4 N–H and O–H groups in total. The Labute approximate surface area is 177 Å². The van der Waals surface area contributed by atoms with Crippen LogP contribution in [-0.4, -0.2) is 36.4 Å². The molecule has 0 fully saturated rings. The van der Waals surface area contributed by atoms with Crippen molar-refractivity contribution in [3.05, 3.63) is 77.7 Å². The number of pyridine rings is 1. The van der Waals surface area contributed by atoms with Crippen molar-refractivity contribution in [1.82, 2.24) is 24.5 Å². The van der Waals surface area contributed by atoms with Crippen LogP contribution in [0.1, 0.15) is 26.3 Å². The first-order valence-electron chi connectivity index (χ1n) is 9.40. The minimum absolute atomic E-state index is 0.166. The molecule has 10 nitrogen and oxygen atoms in total. The number of anilines is 3. The van der Waals surface area contributed by atoms with E-state index in [0.717, 1.165) is 5.56 Å². The largest absolute Gasteiger partial charge is 0.383 e. The summed E-state index contributed by atoms with van der Waals surface area (Å²) >= 11 is 0. The molecule has 0 aliphatic heterocycles. The van der Waals surface area contributed by atoms with Gasteiger partial charge in [-0.2, -0.15) is 14.9 Å². The number of nitrogens with zero attached hydrogens (tertiary/aromatic N) is 5. The molecule has 31 heavy (non-hydrogen) atoms. The molecule has 0 bridgehead atoms. The summed E-state index contributed by atoms with van der Waals surface area (Å²) in [5.41, 5.74) is 8.00. The maximum atomic E-state index is 12.8. The van der Waals surface area contributed by atoms with Crippen molar-refractivity contribution in [3.63, 3.8) is 0 Å². The van der Waals surface area contributed by atoms with Crippen molar-refractivity contribution in [1.29, 1.82) is 0 Å². The van der Waals surface area contributed by atoms with Gasteiger partial charge in [0.1, 0.15) is 17.2 Å². The average Bonchev–Trinajstić information content (AvgIpc) is 3.35. The molecule has 4 aromatic rings. The topological polar surface area (TPSA) is 133 Å². The van der Waals surface area contributed by atoms with Crippen molar-refractivity contribution in [2.45, 2.75) is 6.92 Å². The third kappa shape index (κ3) is 3.99. The fraction of sp³-hybridized carbons (Fsp3) is 0.0952. The third-order valence-corrected chi connectivity index (χ3v) is 4.73. The Bertz CT molecular complexity index is 1260. The highest BCUT2D eigenvalue weighted by atomic mass is 16.2. The predicted molar refractivity (Wildman–Crippen MR) is 116 cm³/mol. The molecule has 0 aliphatic rings. The predicted octanol–water partition coefficient (Wildman–Crippen LogP) is 2.40. The smallest absolute Gasteiger partial charge is 0.261 e. The Hall–Kier alpha value is -4.47. The van der Waals surface area contributed by atoms with E-state index in [2.05, 4.69) is 25.8 Å². The second kappa shape index (κ2) is 8.11. The summed E-state index contributed by atoms with van der Waals surface area (Å²) in [5.74, 6) is 0.474. The zero-order chi connectivity index (χ0) is 22.0. The highest BCUT2D eigenvalue weighted by Gasteiger charge is 2.18. The lowest BCUT2D eigenvalue weighted by atomic mass is 10.1. The molecule has 0 unspecified atom stereocenters. The van der Waals surface area contributed by atoms with Gasteiger partial charge in [-0.15, -0.1) is 0 Å². The van der Waals surface area contributed by atoms with Crippen molar-refractivity contribution in [3.8, 4) is 5.82 Å². The zero-order valence-corrected chi connectivity index (χ0v) is 16.9. The maximum Gasteiger partial charge on any atom is 0.261 e. The number of aromatic nitrogens is 5. The summed E-state index contributed by atoms with van der Waals surface area (Å²) in [7, 11) is 1.73. The van der Waals surface area contributed by atoms with Crippen molar-refractivity contribution < 1.29 is 9.59 Å². The van der Waals surface area contributed by atoms with Gasteiger partial charge in [-0.1, -0.05) is 12.1 Å². The first kappa shape index (κ1) is 19.8. The van der Waals surface area contributed by atoms with Crippen LogP contribution in [0.3, 0.4) is 0 Å². The van der Waals surface area contributed by atoms with E-state index in [-0.39, 0.29) is 17.3 Å². The minimum atomic E-state index is -0.438. The van der Waals surface area contributed by atoms with Gasteiger partial charge in [-0.05, 0) is 36.8 Å². The molecule has 0 spiro atoms. The molecule has 1 aromatic carbocycles. The third-order valence-electron chi connectivity index (χ3n) is 4.73. The Morgan fingerprint density at radius 2 is 1.84 bits per heavy atom.